The number of aliphatic hydroxyl groups excluding tert-OH is 1. The normalized spacial score (nSPS) is 17.9. The predicted molar refractivity (Wildman–Crippen MR) is 145 cm³/mol. The number of aromatic nitrogens is 6. The van der Waals surface area contributed by atoms with Crippen LogP contribution in [0.3, 0.4) is 0 Å². The summed E-state index contributed by atoms with van der Waals surface area (Å²) in [7, 11) is 0. The van der Waals surface area contributed by atoms with Gasteiger partial charge in [0.15, 0.2) is 17.8 Å². The Morgan fingerprint density at radius 2 is 1.93 bits per heavy atom. The zero-order chi connectivity index (χ0) is 30.1. The highest BCUT2D eigenvalue weighted by Crippen LogP contribution is 2.25. The second kappa shape index (κ2) is 11.7. The summed E-state index contributed by atoms with van der Waals surface area (Å²) < 4.78 is 48.2. The van der Waals surface area contributed by atoms with Gasteiger partial charge in [0, 0.05) is 23.7 Å². The van der Waals surface area contributed by atoms with Gasteiger partial charge in [-0.1, -0.05) is 23.7 Å². The summed E-state index contributed by atoms with van der Waals surface area (Å²) in [5, 5.41) is 21.6. The lowest BCUT2D eigenvalue weighted by molar-refractivity contribution is -0.207. The molecular formula is C27H27ClF3N7O4. The number of benzene rings is 2. The summed E-state index contributed by atoms with van der Waals surface area (Å²) in [6.07, 6.45) is -4.61. The quantitative estimate of drug-likeness (QED) is 0.300. The van der Waals surface area contributed by atoms with Crippen LogP contribution in [0.4, 0.5) is 13.2 Å². The fraction of sp³-hybridized carbons (Fsp3) is 0.370. The van der Waals surface area contributed by atoms with Crippen LogP contribution in [-0.4, -0.2) is 71.2 Å². The fourth-order valence-electron chi connectivity index (χ4n) is 4.62. The van der Waals surface area contributed by atoms with E-state index < -0.39 is 30.1 Å². The number of nitrogens with one attached hydrogen (secondary N) is 1. The van der Waals surface area contributed by atoms with Crippen molar-refractivity contribution in [3.05, 3.63) is 81.8 Å². The molecule has 222 valence electrons. The number of carbonyl (C=O) groups is 1. The molecule has 0 aliphatic carbocycles. The number of amides is 1. The second-order valence-electron chi connectivity index (χ2n) is 10.1. The molecule has 1 aliphatic rings. The van der Waals surface area contributed by atoms with Gasteiger partial charge in [0.1, 0.15) is 12.9 Å². The SMILES string of the molecule is CC1(CNC(=O)c2ccccc2-n2cnc(Cn3nc(-c4ccc(Cl)cc4)n(C[C@H](O)C(F)(F)F)c3=O)n2)CCCO1. The summed E-state index contributed by atoms with van der Waals surface area (Å²) in [6.45, 7) is 1.59. The monoisotopic (exact) mass is 605 g/mol. The average molecular weight is 606 g/mol. The van der Waals surface area contributed by atoms with Crippen molar-refractivity contribution in [2.24, 2.45) is 0 Å². The summed E-state index contributed by atoms with van der Waals surface area (Å²) in [5.74, 6) is -0.311. The molecule has 0 saturated carbocycles. The van der Waals surface area contributed by atoms with Gasteiger partial charge in [-0.25, -0.2) is 19.1 Å². The fourth-order valence-corrected chi connectivity index (χ4v) is 4.75. The Kier molecular flexibility index (Phi) is 8.21. The van der Waals surface area contributed by atoms with E-state index in [1.54, 1.807) is 24.3 Å². The molecule has 2 aromatic carbocycles. The third kappa shape index (κ3) is 6.40. The number of halogens is 4. The number of hydrogen-bond acceptors (Lipinski definition) is 7. The van der Waals surface area contributed by atoms with Gasteiger partial charge >= 0.3 is 11.9 Å². The number of nitrogens with zero attached hydrogens (tertiary/aromatic N) is 6. The zero-order valence-electron chi connectivity index (χ0n) is 22.4. The topological polar surface area (TPSA) is 129 Å². The van der Waals surface area contributed by atoms with Gasteiger partial charge < -0.3 is 15.2 Å². The van der Waals surface area contributed by atoms with Crippen LogP contribution in [0, 0.1) is 0 Å². The average Bonchev–Trinajstić information content (AvgIpc) is 3.68. The molecule has 1 saturated heterocycles. The van der Waals surface area contributed by atoms with E-state index in [4.69, 9.17) is 16.3 Å². The van der Waals surface area contributed by atoms with E-state index in [-0.39, 0.29) is 24.1 Å². The van der Waals surface area contributed by atoms with E-state index in [1.165, 1.54) is 35.3 Å². The number of alkyl halides is 3. The molecule has 5 rings (SSSR count). The van der Waals surface area contributed by atoms with Gasteiger partial charge in [0.05, 0.1) is 23.4 Å². The zero-order valence-corrected chi connectivity index (χ0v) is 23.1. The largest absolute Gasteiger partial charge is 0.416 e. The van der Waals surface area contributed by atoms with Crippen molar-refractivity contribution in [2.45, 2.75) is 50.7 Å². The highest BCUT2D eigenvalue weighted by Gasteiger charge is 2.39. The van der Waals surface area contributed by atoms with E-state index >= 15 is 0 Å². The van der Waals surface area contributed by atoms with Crippen LogP contribution in [0.25, 0.3) is 17.1 Å². The van der Waals surface area contributed by atoms with Crippen LogP contribution >= 0.6 is 11.6 Å². The first-order valence-electron chi connectivity index (χ1n) is 13.0. The molecule has 2 aromatic heterocycles. The summed E-state index contributed by atoms with van der Waals surface area (Å²) in [4.78, 5) is 30.4. The molecule has 1 unspecified atom stereocenters. The van der Waals surface area contributed by atoms with Gasteiger partial charge in [0.25, 0.3) is 5.91 Å². The van der Waals surface area contributed by atoms with E-state index in [1.807, 2.05) is 6.92 Å². The summed E-state index contributed by atoms with van der Waals surface area (Å²) in [5.41, 5.74) is -0.243. The summed E-state index contributed by atoms with van der Waals surface area (Å²) >= 11 is 5.93. The van der Waals surface area contributed by atoms with Crippen molar-refractivity contribution in [1.82, 2.24) is 34.4 Å². The van der Waals surface area contributed by atoms with Gasteiger partial charge in [0.2, 0.25) is 0 Å². The van der Waals surface area contributed by atoms with Crippen molar-refractivity contribution >= 4 is 17.5 Å². The van der Waals surface area contributed by atoms with Crippen LogP contribution in [0.5, 0.6) is 0 Å². The predicted octanol–water partition coefficient (Wildman–Crippen LogP) is 3.22. The minimum atomic E-state index is -4.94. The lowest BCUT2D eigenvalue weighted by Gasteiger charge is -2.23. The molecule has 1 aliphatic heterocycles. The van der Waals surface area contributed by atoms with E-state index in [0.29, 0.717) is 35.0 Å². The minimum absolute atomic E-state index is 0.0960. The molecule has 42 heavy (non-hydrogen) atoms. The Labute approximate surface area is 242 Å². The van der Waals surface area contributed by atoms with Gasteiger partial charge in [-0.3, -0.25) is 9.36 Å². The highest BCUT2D eigenvalue weighted by atomic mass is 35.5. The number of para-hydroxylation sites is 1. The van der Waals surface area contributed by atoms with Crippen LogP contribution < -0.4 is 11.0 Å². The Bertz CT molecular complexity index is 1630. The first-order chi connectivity index (χ1) is 19.9. The molecule has 3 heterocycles. The van der Waals surface area contributed by atoms with Gasteiger partial charge in [-0.2, -0.15) is 13.2 Å². The number of aliphatic hydroxyl groups is 1. The number of ether oxygens (including phenoxy) is 1. The Morgan fingerprint density at radius 1 is 1.19 bits per heavy atom. The molecule has 15 heteroatoms. The van der Waals surface area contributed by atoms with E-state index in [9.17, 15) is 27.9 Å². The molecule has 11 nitrogen and oxygen atoms in total. The molecule has 2 atom stereocenters. The third-order valence-electron chi connectivity index (χ3n) is 6.91. The molecule has 1 fully saturated rings. The first kappa shape index (κ1) is 29.5. The van der Waals surface area contributed by atoms with Gasteiger partial charge in [-0.05, 0) is 56.2 Å². The van der Waals surface area contributed by atoms with E-state index in [2.05, 4.69) is 20.5 Å². The summed E-state index contributed by atoms with van der Waals surface area (Å²) in [6, 6.07) is 12.8. The first-order valence-corrected chi connectivity index (χ1v) is 13.4. The van der Waals surface area contributed by atoms with Crippen molar-refractivity contribution < 1.29 is 27.8 Å². The number of carbonyl (C=O) groups excluding carboxylic acids is 1. The lowest BCUT2D eigenvalue weighted by atomic mass is 10.0. The second-order valence-corrected chi connectivity index (χ2v) is 10.6. The molecule has 4 aromatic rings. The lowest BCUT2D eigenvalue weighted by Crippen LogP contribution is -2.40. The van der Waals surface area contributed by atoms with Crippen molar-refractivity contribution in [2.75, 3.05) is 13.2 Å². The van der Waals surface area contributed by atoms with Gasteiger partial charge in [-0.15, -0.1) is 10.2 Å². The maximum absolute atomic E-state index is 13.2. The Morgan fingerprint density at radius 3 is 2.62 bits per heavy atom. The highest BCUT2D eigenvalue weighted by molar-refractivity contribution is 6.30. The minimum Gasteiger partial charge on any atom is -0.382 e. The molecule has 0 spiro atoms. The molecule has 1 amide bonds. The Hall–Kier alpha value is -4.01. The van der Waals surface area contributed by atoms with Crippen molar-refractivity contribution in [1.29, 1.82) is 0 Å². The van der Waals surface area contributed by atoms with Crippen LogP contribution in [0.1, 0.15) is 35.9 Å². The molecular weight excluding hydrogens is 579 g/mol. The molecule has 0 radical (unpaired) electrons. The number of hydrogen-bond donors (Lipinski definition) is 2. The smallest absolute Gasteiger partial charge is 0.382 e. The maximum Gasteiger partial charge on any atom is 0.416 e. The van der Waals surface area contributed by atoms with Crippen LogP contribution in [0.15, 0.2) is 59.7 Å². The molecule has 0 bridgehead atoms. The van der Waals surface area contributed by atoms with Crippen LogP contribution in [0.2, 0.25) is 5.02 Å². The Balaban J connectivity index is 1.40. The van der Waals surface area contributed by atoms with E-state index in [0.717, 1.165) is 22.1 Å². The standard InChI is InChI=1S/C27H27ClF3N7O4/c1-26(11-4-12-42-26)15-32-24(40)19-5-2-3-6-20(19)38-16-33-22(34-38)14-37-25(41)36(13-21(39)27(29,30)31)23(35-37)17-7-9-18(28)10-8-17/h2-3,5-10,16,21,39H,4,11-15H2,1H3,(H,32,40)/t21-,26?/m0/s1. The van der Waals surface area contributed by atoms with Crippen molar-refractivity contribution in [3.63, 3.8) is 0 Å². The third-order valence-corrected chi connectivity index (χ3v) is 7.16. The number of rotatable bonds is 9. The van der Waals surface area contributed by atoms with Crippen molar-refractivity contribution in [3.8, 4) is 17.1 Å². The maximum atomic E-state index is 13.2. The van der Waals surface area contributed by atoms with Crippen LogP contribution in [-0.2, 0) is 17.8 Å². The molecule has 2 N–H and O–H groups in total.